The number of halogens is 2. The van der Waals surface area contributed by atoms with Crippen LogP contribution in [0, 0.1) is 0 Å². The molecule has 1 N–H and O–H groups in total. The van der Waals surface area contributed by atoms with Crippen LogP contribution >= 0.6 is 27.5 Å². The fourth-order valence-corrected chi connectivity index (χ4v) is 3.69. The standard InChI is InChI=1S/C24H25BrClNO3/c1-28-23-9-7-17(13-24(23)29-2)11-12-27-15-19-14-20(25)8-10-22(19)30-16-18-5-3-4-6-21(18)26/h3-10,13-14,27H,11-12,15-16H2,1-2H3. The van der Waals surface area contributed by atoms with Crippen molar-refractivity contribution >= 4 is 27.5 Å². The zero-order valence-corrected chi connectivity index (χ0v) is 19.4. The molecule has 0 radical (unpaired) electrons. The van der Waals surface area contributed by atoms with Crippen molar-refractivity contribution in [2.75, 3.05) is 20.8 Å². The largest absolute Gasteiger partial charge is 0.493 e. The summed E-state index contributed by atoms with van der Waals surface area (Å²) < 4.78 is 17.7. The molecule has 0 atom stereocenters. The van der Waals surface area contributed by atoms with Gasteiger partial charge in [0, 0.05) is 27.2 Å². The van der Waals surface area contributed by atoms with Crippen molar-refractivity contribution in [3.63, 3.8) is 0 Å². The van der Waals surface area contributed by atoms with Crippen molar-refractivity contribution in [2.24, 2.45) is 0 Å². The summed E-state index contributed by atoms with van der Waals surface area (Å²) in [5, 5.41) is 4.21. The molecule has 0 fully saturated rings. The molecule has 0 aliphatic carbocycles. The Morgan fingerprint density at radius 3 is 2.40 bits per heavy atom. The van der Waals surface area contributed by atoms with Gasteiger partial charge in [0.05, 0.1) is 14.2 Å². The number of nitrogens with one attached hydrogen (secondary N) is 1. The van der Waals surface area contributed by atoms with Gasteiger partial charge in [-0.25, -0.2) is 0 Å². The van der Waals surface area contributed by atoms with E-state index >= 15 is 0 Å². The Morgan fingerprint density at radius 1 is 0.867 bits per heavy atom. The summed E-state index contributed by atoms with van der Waals surface area (Å²) in [5.41, 5.74) is 3.24. The third-order valence-corrected chi connectivity index (χ3v) is 5.58. The third-order valence-electron chi connectivity index (χ3n) is 4.72. The summed E-state index contributed by atoms with van der Waals surface area (Å²) in [6.07, 6.45) is 0.879. The lowest BCUT2D eigenvalue weighted by Gasteiger charge is -2.14. The van der Waals surface area contributed by atoms with Crippen LogP contribution in [0.15, 0.2) is 65.1 Å². The summed E-state index contributed by atoms with van der Waals surface area (Å²) in [6.45, 7) is 1.95. The SMILES string of the molecule is COc1ccc(CCNCc2cc(Br)ccc2OCc2ccccc2Cl)cc1OC. The second-order valence-corrected chi connectivity index (χ2v) is 8.07. The lowest BCUT2D eigenvalue weighted by molar-refractivity contribution is 0.302. The number of hydrogen-bond acceptors (Lipinski definition) is 4. The van der Waals surface area contributed by atoms with Gasteiger partial charge in [0.15, 0.2) is 11.5 Å². The van der Waals surface area contributed by atoms with Crippen molar-refractivity contribution in [1.29, 1.82) is 0 Å². The Bertz CT molecular complexity index is 980. The van der Waals surface area contributed by atoms with Crippen LogP contribution in [0.2, 0.25) is 5.02 Å². The molecule has 0 heterocycles. The molecule has 4 nitrogen and oxygen atoms in total. The van der Waals surface area contributed by atoms with Gasteiger partial charge in [0.2, 0.25) is 0 Å². The minimum atomic E-state index is 0.431. The molecule has 0 aliphatic heterocycles. The molecular formula is C24H25BrClNO3. The van der Waals surface area contributed by atoms with Gasteiger partial charge in [0.1, 0.15) is 12.4 Å². The van der Waals surface area contributed by atoms with E-state index in [0.717, 1.165) is 45.8 Å². The van der Waals surface area contributed by atoms with E-state index in [1.165, 1.54) is 5.56 Å². The number of rotatable bonds is 10. The molecule has 0 bridgehead atoms. The molecule has 3 rings (SSSR count). The molecule has 0 aliphatic rings. The first-order valence-corrected chi connectivity index (χ1v) is 10.8. The molecule has 0 saturated heterocycles. The van der Waals surface area contributed by atoms with Gasteiger partial charge in [0.25, 0.3) is 0 Å². The van der Waals surface area contributed by atoms with Crippen molar-refractivity contribution in [2.45, 2.75) is 19.6 Å². The van der Waals surface area contributed by atoms with Crippen molar-refractivity contribution in [3.05, 3.63) is 86.8 Å². The predicted molar refractivity (Wildman–Crippen MR) is 125 cm³/mol. The third kappa shape index (κ3) is 6.14. The number of hydrogen-bond donors (Lipinski definition) is 1. The molecule has 3 aromatic carbocycles. The molecule has 3 aromatic rings. The predicted octanol–water partition coefficient (Wildman–Crippen LogP) is 6.03. The molecule has 0 unspecified atom stereocenters. The fraction of sp³-hybridized carbons (Fsp3) is 0.250. The van der Waals surface area contributed by atoms with Gasteiger partial charge >= 0.3 is 0 Å². The van der Waals surface area contributed by atoms with Crippen LogP contribution in [0.3, 0.4) is 0 Å². The Morgan fingerprint density at radius 2 is 1.63 bits per heavy atom. The van der Waals surface area contributed by atoms with Crippen LogP contribution in [0.4, 0.5) is 0 Å². The first-order valence-electron chi connectivity index (χ1n) is 9.67. The lowest BCUT2D eigenvalue weighted by Crippen LogP contribution is -2.17. The summed E-state index contributed by atoms with van der Waals surface area (Å²) >= 11 is 9.79. The Hall–Kier alpha value is -2.21. The minimum absolute atomic E-state index is 0.431. The number of methoxy groups -OCH3 is 2. The topological polar surface area (TPSA) is 39.7 Å². The molecule has 0 spiro atoms. The highest BCUT2D eigenvalue weighted by atomic mass is 79.9. The van der Waals surface area contributed by atoms with Crippen LogP contribution in [0.5, 0.6) is 17.2 Å². The fourth-order valence-electron chi connectivity index (χ4n) is 3.09. The van der Waals surface area contributed by atoms with Crippen molar-refractivity contribution < 1.29 is 14.2 Å². The Labute approximate surface area is 191 Å². The molecule has 158 valence electrons. The first-order chi connectivity index (χ1) is 14.6. The van der Waals surface area contributed by atoms with E-state index in [4.69, 9.17) is 25.8 Å². The van der Waals surface area contributed by atoms with Gasteiger partial charge in [-0.05, 0) is 54.9 Å². The van der Waals surface area contributed by atoms with Gasteiger partial charge < -0.3 is 19.5 Å². The molecular weight excluding hydrogens is 466 g/mol. The average molecular weight is 491 g/mol. The molecule has 0 amide bonds. The van der Waals surface area contributed by atoms with Gasteiger partial charge in [-0.15, -0.1) is 0 Å². The maximum Gasteiger partial charge on any atom is 0.160 e. The average Bonchev–Trinajstić information content (AvgIpc) is 2.77. The summed E-state index contributed by atoms with van der Waals surface area (Å²) in [7, 11) is 3.29. The quantitative estimate of drug-likeness (QED) is 0.352. The van der Waals surface area contributed by atoms with E-state index in [-0.39, 0.29) is 0 Å². The number of ether oxygens (including phenoxy) is 3. The Kier molecular flexibility index (Phi) is 8.43. The summed E-state index contributed by atoms with van der Waals surface area (Å²) in [4.78, 5) is 0. The highest BCUT2D eigenvalue weighted by Gasteiger charge is 2.08. The van der Waals surface area contributed by atoms with Gasteiger partial charge in [-0.2, -0.15) is 0 Å². The second kappa shape index (κ2) is 11.3. The van der Waals surface area contributed by atoms with Crippen LogP contribution < -0.4 is 19.5 Å². The van der Waals surface area contributed by atoms with E-state index in [1.807, 2.05) is 48.5 Å². The van der Waals surface area contributed by atoms with Crippen LogP contribution in [0.1, 0.15) is 16.7 Å². The van der Waals surface area contributed by atoms with E-state index < -0.39 is 0 Å². The number of benzene rings is 3. The van der Waals surface area contributed by atoms with E-state index in [2.05, 4.69) is 33.4 Å². The molecule has 0 saturated carbocycles. The monoisotopic (exact) mass is 489 g/mol. The normalized spacial score (nSPS) is 10.7. The Balaban J connectivity index is 1.57. The van der Waals surface area contributed by atoms with Crippen LogP contribution in [-0.2, 0) is 19.6 Å². The zero-order valence-electron chi connectivity index (χ0n) is 17.1. The smallest absolute Gasteiger partial charge is 0.160 e. The lowest BCUT2D eigenvalue weighted by atomic mass is 10.1. The molecule has 30 heavy (non-hydrogen) atoms. The molecule has 6 heteroatoms. The van der Waals surface area contributed by atoms with Crippen LogP contribution in [-0.4, -0.2) is 20.8 Å². The summed E-state index contributed by atoms with van der Waals surface area (Å²) in [6, 6.07) is 19.8. The van der Waals surface area contributed by atoms with Gasteiger partial charge in [-0.1, -0.05) is 51.8 Å². The maximum atomic E-state index is 6.24. The minimum Gasteiger partial charge on any atom is -0.493 e. The van der Waals surface area contributed by atoms with E-state index in [9.17, 15) is 0 Å². The van der Waals surface area contributed by atoms with E-state index in [0.29, 0.717) is 18.2 Å². The van der Waals surface area contributed by atoms with Crippen molar-refractivity contribution in [3.8, 4) is 17.2 Å². The zero-order chi connectivity index (χ0) is 21.3. The van der Waals surface area contributed by atoms with Crippen LogP contribution in [0.25, 0.3) is 0 Å². The maximum absolute atomic E-state index is 6.24. The van der Waals surface area contributed by atoms with Crippen molar-refractivity contribution in [1.82, 2.24) is 5.32 Å². The highest BCUT2D eigenvalue weighted by Crippen LogP contribution is 2.28. The van der Waals surface area contributed by atoms with E-state index in [1.54, 1.807) is 14.2 Å². The summed E-state index contributed by atoms with van der Waals surface area (Å²) in [5.74, 6) is 2.33. The first kappa shape index (κ1) is 22.5. The molecule has 0 aromatic heterocycles. The second-order valence-electron chi connectivity index (χ2n) is 6.75. The highest BCUT2D eigenvalue weighted by molar-refractivity contribution is 9.10. The van der Waals surface area contributed by atoms with Gasteiger partial charge in [-0.3, -0.25) is 0 Å².